The van der Waals surface area contributed by atoms with E-state index in [4.69, 9.17) is 0 Å². The number of rotatable bonds is 8. The molecule has 8 heteroatoms. The summed E-state index contributed by atoms with van der Waals surface area (Å²) in [5.74, 6) is 1.78. The van der Waals surface area contributed by atoms with E-state index in [1.165, 1.54) is 5.56 Å². The smallest absolute Gasteiger partial charge is 0.243 e. The molecule has 0 atom stereocenters. The third-order valence-electron chi connectivity index (χ3n) is 4.65. The van der Waals surface area contributed by atoms with Crippen LogP contribution in [0.25, 0.3) is 0 Å². The van der Waals surface area contributed by atoms with Crippen molar-refractivity contribution in [2.75, 3.05) is 52.3 Å². The minimum absolute atomic E-state index is 0. The molecule has 158 valence electrons. The number of benzene rings is 1. The van der Waals surface area contributed by atoms with Crippen molar-refractivity contribution in [1.29, 1.82) is 0 Å². The molecule has 2 rings (SSSR count). The number of hydrogen-bond acceptors (Lipinski definition) is 4. The fourth-order valence-corrected chi connectivity index (χ4v) is 3.29. The summed E-state index contributed by atoms with van der Waals surface area (Å²) in [4.78, 5) is 20.4. The van der Waals surface area contributed by atoms with Crippen molar-refractivity contribution in [2.24, 2.45) is 4.99 Å². The SMILES string of the molecule is CSCCNC(=NCC(=O)N(C)C)NC1CCN(Cc2ccccc2)CC1.I. The molecular formula is C20H34IN5OS. The number of guanidine groups is 1. The van der Waals surface area contributed by atoms with Crippen molar-refractivity contribution in [3.8, 4) is 0 Å². The molecule has 0 aliphatic carbocycles. The zero-order valence-corrected chi connectivity index (χ0v) is 20.3. The van der Waals surface area contributed by atoms with Gasteiger partial charge in [-0.25, -0.2) is 4.99 Å². The predicted octanol–water partition coefficient (Wildman–Crippen LogP) is 2.26. The molecule has 28 heavy (non-hydrogen) atoms. The zero-order valence-electron chi connectivity index (χ0n) is 17.2. The first kappa shape index (κ1) is 25.0. The summed E-state index contributed by atoms with van der Waals surface area (Å²) in [5, 5.41) is 6.87. The first-order valence-corrected chi connectivity index (χ1v) is 11.0. The van der Waals surface area contributed by atoms with Crippen LogP contribution in [-0.2, 0) is 11.3 Å². The monoisotopic (exact) mass is 519 g/mol. The van der Waals surface area contributed by atoms with E-state index in [9.17, 15) is 4.79 Å². The Morgan fingerprint density at radius 1 is 1.25 bits per heavy atom. The first-order valence-electron chi connectivity index (χ1n) is 9.58. The average Bonchev–Trinajstić information content (AvgIpc) is 2.68. The molecule has 1 saturated heterocycles. The Bertz CT molecular complexity index is 592. The number of likely N-dealkylation sites (N-methyl/N-ethyl adjacent to an activating group) is 1. The van der Waals surface area contributed by atoms with Crippen molar-refractivity contribution >= 4 is 47.6 Å². The molecule has 1 amide bonds. The third-order valence-corrected chi connectivity index (χ3v) is 5.26. The highest BCUT2D eigenvalue weighted by molar-refractivity contribution is 14.0. The van der Waals surface area contributed by atoms with Crippen LogP contribution in [0.4, 0.5) is 0 Å². The number of piperidine rings is 1. The normalized spacial score (nSPS) is 15.6. The highest BCUT2D eigenvalue weighted by atomic mass is 127. The molecule has 1 aliphatic rings. The van der Waals surface area contributed by atoms with Crippen LogP contribution < -0.4 is 10.6 Å². The largest absolute Gasteiger partial charge is 0.356 e. The van der Waals surface area contributed by atoms with Crippen LogP contribution in [0.1, 0.15) is 18.4 Å². The van der Waals surface area contributed by atoms with Gasteiger partial charge < -0.3 is 15.5 Å². The summed E-state index contributed by atoms with van der Waals surface area (Å²) in [6.07, 6.45) is 4.25. The highest BCUT2D eigenvalue weighted by Crippen LogP contribution is 2.13. The first-order chi connectivity index (χ1) is 13.1. The van der Waals surface area contributed by atoms with Crippen molar-refractivity contribution in [2.45, 2.75) is 25.4 Å². The molecule has 1 fully saturated rings. The number of hydrogen-bond donors (Lipinski definition) is 2. The Hall–Kier alpha value is -1.000. The van der Waals surface area contributed by atoms with E-state index in [2.05, 4.69) is 57.1 Å². The summed E-state index contributed by atoms with van der Waals surface area (Å²) < 4.78 is 0. The Balaban J connectivity index is 0.00000392. The van der Waals surface area contributed by atoms with Crippen molar-refractivity contribution in [1.82, 2.24) is 20.4 Å². The minimum Gasteiger partial charge on any atom is -0.356 e. The molecule has 6 nitrogen and oxygen atoms in total. The summed E-state index contributed by atoms with van der Waals surface area (Å²) in [6.45, 7) is 4.17. The van der Waals surface area contributed by atoms with E-state index in [1.807, 2.05) is 0 Å². The fraction of sp³-hybridized carbons (Fsp3) is 0.600. The quantitative estimate of drug-likeness (QED) is 0.239. The Morgan fingerprint density at radius 3 is 2.54 bits per heavy atom. The van der Waals surface area contributed by atoms with Gasteiger partial charge in [0.1, 0.15) is 6.54 Å². The van der Waals surface area contributed by atoms with E-state index in [1.54, 1.807) is 30.8 Å². The van der Waals surface area contributed by atoms with Crippen LogP contribution in [0.2, 0.25) is 0 Å². The molecule has 0 unspecified atom stereocenters. The number of amides is 1. The molecule has 0 aromatic heterocycles. The van der Waals surface area contributed by atoms with Crippen LogP contribution in [0.3, 0.4) is 0 Å². The summed E-state index contributed by atoms with van der Waals surface area (Å²) in [6, 6.07) is 11.0. The molecule has 0 radical (unpaired) electrons. The van der Waals surface area contributed by atoms with E-state index < -0.39 is 0 Å². The summed E-state index contributed by atoms with van der Waals surface area (Å²) in [5.41, 5.74) is 1.37. The number of thioether (sulfide) groups is 1. The van der Waals surface area contributed by atoms with Gasteiger partial charge in [-0.1, -0.05) is 30.3 Å². The van der Waals surface area contributed by atoms with E-state index in [0.717, 1.165) is 50.7 Å². The van der Waals surface area contributed by atoms with E-state index in [-0.39, 0.29) is 36.4 Å². The number of likely N-dealkylation sites (tertiary alicyclic amines) is 1. The molecule has 2 N–H and O–H groups in total. The predicted molar refractivity (Wildman–Crippen MR) is 131 cm³/mol. The van der Waals surface area contributed by atoms with Crippen molar-refractivity contribution in [3.63, 3.8) is 0 Å². The molecule has 1 aromatic rings. The number of carbonyl (C=O) groups excluding carboxylic acids is 1. The topological polar surface area (TPSA) is 60.0 Å². The lowest BCUT2D eigenvalue weighted by molar-refractivity contribution is -0.127. The molecule has 1 aromatic carbocycles. The van der Waals surface area contributed by atoms with Gasteiger partial charge >= 0.3 is 0 Å². The van der Waals surface area contributed by atoms with E-state index in [0.29, 0.717) is 6.04 Å². The number of aliphatic imine (C=N–C) groups is 1. The van der Waals surface area contributed by atoms with Gasteiger partial charge in [0.2, 0.25) is 5.91 Å². The highest BCUT2D eigenvalue weighted by Gasteiger charge is 2.20. The van der Waals surface area contributed by atoms with Crippen molar-refractivity contribution < 1.29 is 4.79 Å². The molecule has 0 bridgehead atoms. The summed E-state index contributed by atoms with van der Waals surface area (Å²) in [7, 11) is 3.52. The molecule has 1 aliphatic heterocycles. The number of nitrogens with one attached hydrogen (secondary N) is 2. The lowest BCUT2D eigenvalue weighted by atomic mass is 10.0. The van der Waals surface area contributed by atoms with E-state index >= 15 is 0 Å². The fourth-order valence-electron chi connectivity index (χ4n) is 2.98. The standard InChI is InChI=1S/C20H33N5OS.HI/c1-24(2)19(26)15-22-20(21-11-14-27-3)23-18-9-12-25(13-10-18)16-17-7-5-4-6-8-17;/h4-8,18H,9-16H2,1-3H3,(H2,21,22,23);1H. The number of nitrogens with zero attached hydrogens (tertiary/aromatic N) is 3. The minimum atomic E-state index is 0. The average molecular weight is 519 g/mol. The van der Waals surface area contributed by atoms with Gasteiger partial charge in [0, 0.05) is 52.1 Å². The second-order valence-electron chi connectivity index (χ2n) is 7.05. The maximum absolute atomic E-state index is 11.8. The Kier molecular flexibility index (Phi) is 12.6. The van der Waals surface area contributed by atoms with Crippen LogP contribution in [0.15, 0.2) is 35.3 Å². The lowest BCUT2D eigenvalue weighted by Crippen LogP contribution is -2.49. The van der Waals surface area contributed by atoms with Gasteiger partial charge in [0.05, 0.1) is 0 Å². The van der Waals surface area contributed by atoms with Gasteiger partial charge in [0.15, 0.2) is 5.96 Å². The number of carbonyl (C=O) groups is 1. The molecule has 0 saturated carbocycles. The number of halogens is 1. The third kappa shape index (κ3) is 9.47. The Labute approximate surface area is 190 Å². The van der Waals surface area contributed by atoms with Gasteiger partial charge in [-0.15, -0.1) is 24.0 Å². The van der Waals surface area contributed by atoms with Gasteiger partial charge in [-0.3, -0.25) is 9.69 Å². The lowest BCUT2D eigenvalue weighted by Gasteiger charge is -2.33. The maximum atomic E-state index is 11.8. The van der Waals surface area contributed by atoms with Gasteiger partial charge in [-0.2, -0.15) is 11.8 Å². The molecule has 1 heterocycles. The van der Waals surface area contributed by atoms with Crippen LogP contribution >= 0.6 is 35.7 Å². The summed E-state index contributed by atoms with van der Waals surface area (Å²) >= 11 is 1.79. The van der Waals surface area contributed by atoms with Gasteiger partial charge in [-0.05, 0) is 24.7 Å². The van der Waals surface area contributed by atoms with Gasteiger partial charge in [0.25, 0.3) is 0 Å². The van der Waals surface area contributed by atoms with Crippen LogP contribution in [0.5, 0.6) is 0 Å². The van der Waals surface area contributed by atoms with Crippen molar-refractivity contribution in [3.05, 3.63) is 35.9 Å². The second-order valence-corrected chi connectivity index (χ2v) is 8.04. The maximum Gasteiger partial charge on any atom is 0.243 e. The van der Waals surface area contributed by atoms with Crippen LogP contribution in [0, 0.1) is 0 Å². The van der Waals surface area contributed by atoms with Crippen LogP contribution in [-0.4, -0.2) is 80.0 Å². The molecule has 0 spiro atoms. The second kappa shape index (κ2) is 14.1. The molecular weight excluding hydrogens is 485 g/mol. The zero-order chi connectivity index (χ0) is 19.5. The Morgan fingerprint density at radius 2 is 1.93 bits per heavy atom.